The SMILES string of the molecule is C[C@H]1CC[C@@H]2[C@@H](C)[C@H]3[C@H](C[C@H]4[C@@H]5CC=C6C[C@@H](O)CC[C@]6(C)[C@H]5C[C@H](O)[C@]34C)N2C1. The zero-order valence-electron chi connectivity index (χ0n) is 19.6. The van der Waals surface area contributed by atoms with E-state index in [1.807, 2.05) is 0 Å². The van der Waals surface area contributed by atoms with Crippen LogP contribution in [0, 0.1) is 46.3 Å². The summed E-state index contributed by atoms with van der Waals surface area (Å²) >= 11 is 0. The molecule has 0 amide bonds. The van der Waals surface area contributed by atoms with Gasteiger partial charge in [-0.2, -0.15) is 0 Å². The highest BCUT2D eigenvalue weighted by Crippen LogP contribution is 2.69. The second-order valence-corrected chi connectivity index (χ2v) is 12.9. The van der Waals surface area contributed by atoms with E-state index in [0.717, 1.165) is 49.5 Å². The fourth-order valence-electron chi connectivity index (χ4n) is 10.3. The van der Waals surface area contributed by atoms with Crippen molar-refractivity contribution in [2.75, 3.05) is 6.54 Å². The Labute approximate surface area is 183 Å². The predicted molar refractivity (Wildman–Crippen MR) is 120 cm³/mol. The average molecular weight is 414 g/mol. The molecule has 3 heteroatoms. The van der Waals surface area contributed by atoms with Crippen LogP contribution >= 0.6 is 0 Å². The predicted octanol–water partition coefficient (Wildman–Crippen LogP) is 4.63. The van der Waals surface area contributed by atoms with E-state index >= 15 is 0 Å². The van der Waals surface area contributed by atoms with Crippen LogP contribution in [-0.4, -0.2) is 45.9 Å². The molecule has 168 valence electrons. The number of aliphatic hydroxyl groups excluding tert-OH is 2. The lowest BCUT2D eigenvalue weighted by Gasteiger charge is -2.60. The number of hydrogen-bond acceptors (Lipinski definition) is 3. The molecule has 2 heterocycles. The number of hydrogen-bond donors (Lipinski definition) is 2. The van der Waals surface area contributed by atoms with Crippen LogP contribution < -0.4 is 0 Å². The number of fused-ring (bicyclic) bond motifs is 9. The Hall–Kier alpha value is -0.380. The number of nitrogens with zero attached hydrogens (tertiary/aromatic N) is 1. The van der Waals surface area contributed by atoms with Crippen molar-refractivity contribution in [3.63, 3.8) is 0 Å². The summed E-state index contributed by atoms with van der Waals surface area (Å²) in [6.07, 6.45) is 11.4. The van der Waals surface area contributed by atoms with Gasteiger partial charge < -0.3 is 10.2 Å². The van der Waals surface area contributed by atoms with E-state index in [2.05, 4.69) is 38.7 Å². The molecule has 0 unspecified atom stereocenters. The highest BCUT2D eigenvalue weighted by molar-refractivity contribution is 5.27. The van der Waals surface area contributed by atoms with Gasteiger partial charge in [-0.1, -0.05) is 39.3 Å². The van der Waals surface area contributed by atoms with Crippen molar-refractivity contribution in [3.05, 3.63) is 11.6 Å². The molecule has 0 radical (unpaired) electrons. The van der Waals surface area contributed by atoms with Gasteiger partial charge in [0.05, 0.1) is 12.2 Å². The normalized spacial score (nSPS) is 60.1. The van der Waals surface area contributed by atoms with E-state index in [1.165, 1.54) is 37.8 Å². The van der Waals surface area contributed by atoms with E-state index in [9.17, 15) is 10.2 Å². The first-order chi connectivity index (χ1) is 14.2. The van der Waals surface area contributed by atoms with E-state index in [1.54, 1.807) is 0 Å². The molecule has 2 aliphatic heterocycles. The number of allylic oxidation sites excluding steroid dienone is 1. The molecule has 5 fully saturated rings. The molecule has 0 spiro atoms. The molecule has 2 N–H and O–H groups in total. The van der Waals surface area contributed by atoms with E-state index in [0.29, 0.717) is 23.8 Å². The lowest BCUT2D eigenvalue weighted by atomic mass is 9.46. The molecule has 3 saturated carbocycles. The molecule has 2 saturated heterocycles. The molecular weight excluding hydrogens is 370 g/mol. The molecule has 0 aromatic rings. The summed E-state index contributed by atoms with van der Waals surface area (Å²) in [5, 5.41) is 22.1. The molecule has 6 aliphatic rings. The van der Waals surface area contributed by atoms with Crippen molar-refractivity contribution in [1.29, 1.82) is 0 Å². The minimum absolute atomic E-state index is 0.0850. The standard InChI is InChI=1S/C27H43NO2/c1-15-5-8-22-16(2)25-23(28(22)14-15)12-21-19-7-6-17-11-18(29)9-10-26(17,3)20(19)13-24(30)27(21,25)4/h6,15-16,18-25,29-30H,5,7-14H2,1-4H3/t15-,16+,18-,19+,20-,21-,22+,23-,24-,25-,26-,27+/m0/s1. The second kappa shape index (κ2) is 6.58. The smallest absolute Gasteiger partial charge is 0.0603 e. The van der Waals surface area contributed by atoms with Crippen molar-refractivity contribution in [1.82, 2.24) is 4.90 Å². The van der Waals surface area contributed by atoms with Crippen LogP contribution in [0.15, 0.2) is 11.6 Å². The van der Waals surface area contributed by atoms with Gasteiger partial charge in [0.15, 0.2) is 0 Å². The largest absolute Gasteiger partial charge is 0.393 e. The van der Waals surface area contributed by atoms with Crippen LogP contribution in [0.3, 0.4) is 0 Å². The Morgan fingerprint density at radius 2 is 1.80 bits per heavy atom. The molecule has 12 atom stereocenters. The highest BCUT2D eigenvalue weighted by Gasteiger charge is 2.69. The van der Waals surface area contributed by atoms with Crippen LogP contribution in [0.1, 0.15) is 79.1 Å². The van der Waals surface area contributed by atoms with Crippen molar-refractivity contribution >= 4 is 0 Å². The summed E-state index contributed by atoms with van der Waals surface area (Å²) in [4.78, 5) is 2.91. The summed E-state index contributed by atoms with van der Waals surface area (Å²) in [5.41, 5.74) is 1.80. The Morgan fingerprint density at radius 3 is 2.60 bits per heavy atom. The van der Waals surface area contributed by atoms with Gasteiger partial charge in [-0.3, -0.25) is 4.90 Å². The van der Waals surface area contributed by atoms with Crippen molar-refractivity contribution in [3.8, 4) is 0 Å². The molecule has 0 aromatic carbocycles. The van der Waals surface area contributed by atoms with Crippen molar-refractivity contribution in [2.45, 2.75) is 103 Å². The topological polar surface area (TPSA) is 43.7 Å². The fraction of sp³-hybridized carbons (Fsp3) is 0.926. The van der Waals surface area contributed by atoms with Gasteiger partial charge >= 0.3 is 0 Å². The van der Waals surface area contributed by atoms with Crippen molar-refractivity contribution in [2.24, 2.45) is 46.3 Å². The third-order valence-corrected chi connectivity index (χ3v) is 11.8. The quantitative estimate of drug-likeness (QED) is 0.569. The number of rotatable bonds is 0. The summed E-state index contributed by atoms with van der Waals surface area (Å²) in [6.45, 7) is 11.2. The Balaban J connectivity index is 1.36. The number of aliphatic hydroxyl groups is 2. The molecule has 30 heavy (non-hydrogen) atoms. The Morgan fingerprint density at radius 1 is 1.00 bits per heavy atom. The maximum atomic E-state index is 11.8. The minimum Gasteiger partial charge on any atom is -0.393 e. The maximum absolute atomic E-state index is 11.8. The average Bonchev–Trinajstić information content (AvgIpc) is 3.17. The van der Waals surface area contributed by atoms with Gasteiger partial charge in [0.25, 0.3) is 0 Å². The monoisotopic (exact) mass is 413 g/mol. The minimum atomic E-state index is -0.164. The molecule has 0 aromatic heterocycles. The third kappa shape index (κ3) is 2.44. The molecule has 3 nitrogen and oxygen atoms in total. The van der Waals surface area contributed by atoms with Gasteiger partial charge in [-0.25, -0.2) is 0 Å². The van der Waals surface area contributed by atoms with Gasteiger partial charge in [-0.15, -0.1) is 0 Å². The third-order valence-electron chi connectivity index (χ3n) is 11.8. The van der Waals surface area contributed by atoms with Gasteiger partial charge in [0.2, 0.25) is 0 Å². The van der Waals surface area contributed by atoms with Crippen LogP contribution in [0.4, 0.5) is 0 Å². The Kier molecular flexibility index (Phi) is 4.44. The van der Waals surface area contributed by atoms with Crippen LogP contribution in [0.25, 0.3) is 0 Å². The highest BCUT2D eigenvalue weighted by atomic mass is 16.3. The molecular formula is C27H43NO2. The molecule has 6 rings (SSSR count). The summed E-state index contributed by atoms with van der Waals surface area (Å²) in [5.74, 6) is 4.19. The Bertz CT molecular complexity index is 749. The van der Waals surface area contributed by atoms with E-state index in [-0.39, 0.29) is 23.0 Å². The molecule has 0 bridgehead atoms. The zero-order chi connectivity index (χ0) is 21.0. The van der Waals surface area contributed by atoms with Gasteiger partial charge in [-0.05, 0) is 92.3 Å². The summed E-state index contributed by atoms with van der Waals surface area (Å²) < 4.78 is 0. The van der Waals surface area contributed by atoms with E-state index in [4.69, 9.17) is 0 Å². The lowest BCUT2D eigenvalue weighted by Crippen LogP contribution is -2.57. The van der Waals surface area contributed by atoms with Crippen molar-refractivity contribution < 1.29 is 10.2 Å². The molecule has 4 aliphatic carbocycles. The first-order valence-electron chi connectivity index (χ1n) is 13.1. The summed E-state index contributed by atoms with van der Waals surface area (Å²) in [7, 11) is 0. The van der Waals surface area contributed by atoms with E-state index < -0.39 is 0 Å². The maximum Gasteiger partial charge on any atom is 0.0603 e. The first-order valence-corrected chi connectivity index (χ1v) is 13.1. The van der Waals surface area contributed by atoms with Gasteiger partial charge in [0, 0.05) is 24.0 Å². The lowest BCUT2D eigenvalue weighted by molar-refractivity contribution is -0.135. The summed E-state index contributed by atoms with van der Waals surface area (Å²) in [6, 6.07) is 1.46. The number of piperidine rings is 1. The van der Waals surface area contributed by atoms with Crippen LogP contribution in [0.2, 0.25) is 0 Å². The van der Waals surface area contributed by atoms with Crippen LogP contribution in [0.5, 0.6) is 0 Å². The first kappa shape index (κ1) is 20.2. The zero-order valence-corrected chi connectivity index (χ0v) is 19.6. The fourth-order valence-corrected chi connectivity index (χ4v) is 10.3. The van der Waals surface area contributed by atoms with Crippen LogP contribution in [-0.2, 0) is 0 Å². The second-order valence-electron chi connectivity index (χ2n) is 12.9. The van der Waals surface area contributed by atoms with Gasteiger partial charge in [0.1, 0.15) is 0 Å².